The van der Waals surface area contributed by atoms with Gasteiger partial charge in [0.05, 0.1) is 7.11 Å². The van der Waals surface area contributed by atoms with Gasteiger partial charge < -0.3 is 14.2 Å². The molecule has 1 unspecified atom stereocenters. The molecule has 0 bridgehead atoms. The summed E-state index contributed by atoms with van der Waals surface area (Å²) in [6.45, 7) is 1.51. The molecule has 0 radical (unpaired) electrons. The second kappa shape index (κ2) is 8.66. The van der Waals surface area contributed by atoms with Gasteiger partial charge in [0.15, 0.2) is 0 Å². The van der Waals surface area contributed by atoms with Gasteiger partial charge in [-0.05, 0) is 48.4 Å². The predicted molar refractivity (Wildman–Crippen MR) is 110 cm³/mol. The highest BCUT2D eigenvalue weighted by molar-refractivity contribution is 6.30. The Morgan fingerprint density at radius 1 is 1.21 bits per heavy atom. The zero-order valence-corrected chi connectivity index (χ0v) is 16.9. The van der Waals surface area contributed by atoms with Gasteiger partial charge in [-0.2, -0.15) is 4.98 Å². The highest BCUT2D eigenvalue weighted by Crippen LogP contribution is 2.29. The molecular weight excluding hydrogens is 390 g/mol. The van der Waals surface area contributed by atoms with E-state index in [2.05, 4.69) is 22.3 Å². The van der Waals surface area contributed by atoms with Gasteiger partial charge in [-0.15, -0.1) is 0 Å². The third-order valence-corrected chi connectivity index (χ3v) is 5.50. The lowest BCUT2D eigenvalue weighted by molar-refractivity contribution is -0.130. The molecule has 1 fully saturated rings. The summed E-state index contributed by atoms with van der Waals surface area (Å²) in [6.07, 6.45) is 1.76. The molecule has 3 aromatic rings. The van der Waals surface area contributed by atoms with Gasteiger partial charge in [0, 0.05) is 42.4 Å². The largest absolute Gasteiger partial charge is 0.497 e. The topological polar surface area (TPSA) is 68.5 Å². The Hall–Kier alpha value is -2.86. The van der Waals surface area contributed by atoms with Crippen molar-refractivity contribution in [1.29, 1.82) is 0 Å². The van der Waals surface area contributed by atoms with Crippen LogP contribution in [0.1, 0.15) is 30.2 Å². The molecule has 150 valence electrons. The van der Waals surface area contributed by atoms with Gasteiger partial charge in [0.25, 0.3) is 0 Å². The molecule has 2 heterocycles. The molecule has 6 nitrogen and oxygen atoms in total. The Morgan fingerprint density at radius 2 is 1.97 bits per heavy atom. The van der Waals surface area contributed by atoms with Crippen molar-refractivity contribution in [2.75, 3.05) is 20.2 Å². The number of hydrogen-bond acceptors (Lipinski definition) is 5. The molecule has 1 aliphatic rings. The second-order valence-corrected chi connectivity index (χ2v) is 7.55. The first-order valence-corrected chi connectivity index (χ1v) is 10.0. The van der Waals surface area contributed by atoms with Crippen LogP contribution in [0, 0.1) is 0 Å². The van der Waals surface area contributed by atoms with Crippen LogP contribution >= 0.6 is 11.6 Å². The number of benzene rings is 2. The quantitative estimate of drug-likeness (QED) is 0.603. The number of halogens is 1. The number of carbonyl (C=O) groups is 1. The number of rotatable bonds is 6. The molecule has 0 spiro atoms. The fraction of sp³-hybridized carbons (Fsp3) is 0.318. The van der Waals surface area contributed by atoms with Crippen molar-refractivity contribution in [1.82, 2.24) is 15.0 Å². The van der Waals surface area contributed by atoms with Gasteiger partial charge in [-0.25, -0.2) is 0 Å². The zero-order chi connectivity index (χ0) is 20.2. The fourth-order valence-corrected chi connectivity index (χ4v) is 3.71. The predicted octanol–water partition coefficient (Wildman–Crippen LogP) is 4.35. The number of carbonyl (C=O) groups excluding carboxylic acids is 1. The van der Waals surface area contributed by atoms with Crippen LogP contribution in [0.25, 0.3) is 11.4 Å². The average molecular weight is 412 g/mol. The van der Waals surface area contributed by atoms with Crippen LogP contribution in [0.15, 0.2) is 53.1 Å². The maximum atomic E-state index is 12.6. The van der Waals surface area contributed by atoms with E-state index in [1.165, 1.54) is 5.56 Å². The number of ether oxygens (including phenoxy) is 1. The molecule has 0 N–H and O–H groups in total. The summed E-state index contributed by atoms with van der Waals surface area (Å²) in [4.78, 5) is 18.9. The number of aromatic nitrogens is 2. The molecule has 4 rings (SSSR count). The van der Waals surface area contributed by atoms with E-state index >= 15 is 0 Å². The van der Waals surface area contributed by atoms with Crippen LogP contribution in [-0.2, 0) is 11.2 Å². The van der Waals surface area contributed by atoms with Crippen molar-refractivity contribution >= 4 is 17.5 Å². The molecule has 1 aromatic heterocycles. The Kier molecular flexibility index (Phi) is 5.81. The number of methoxy groups -OCH3 is 1. The Balaban J connectivity index is 1.30. The van der Waals surface area contributed by atoms with E-state index in [-0.39, 0.29) is 5.91 Å². The molecule has 1 atom stereocenters. The molecule has 1 saturated heterocycles. The molecule has 1 amide bonds. The van der Waals surface area contributed by atoms with E-state index < -0.39 is 0 Å². The lowest BCUT2D eigenvalue weighted by atomic mass is 9.98. The minimum Gasteiger partial charge on any atom is -0.497 e. The summed E-state index contributed by atoms with van der Waals surface area (Å²) in [5, 5.41) is 4.65. The van der Waals surface area contributed by atoms with E-state index in [0.717, 1.165) is 30.8 Å². The molecule has 2 aromatic carbocycles. The van der Waals surface area contributed by atoms with Crippen molar-refractivity contribution in [2.24, 2.45) is 0 Å². The summed E-state index contributed by atoms with van der Waals surface area (Å²) < 4.78 is 10.5. The van der Waals surface area contributed by atoms with Crippen molar-refractivity contribution in [3.63, 3.8) is 0 Å². The molecular formula is C22H22ClN3O3. The van der Waals surface area contributed by atoms with E-state index in [1.54, 1.807) is 19.2 Å². The molecule has 29 heavy (non-hydrogen) atoms. The monoisotopic (exact) mass is 411 g/mol. The zero-order valence-electron chi connectivity index (χ0n) is 16.2. The smallest absolute Gasteiger partial charge is 0.227 e. The molecule has 0 saturated carbocycles. The van der Waals surface area contributed by atoms with Crippen LogP contribution in [0.2, 0.25) is 5.02 Å². The summed E-state index contributed by atoms with van der Waals surface area (Å²) in [6, 6.07) is 15.3. The first-order valence-electron chi connectivity index (χ1n) is 9.62. The first kappa shape index (κ1) is 19.5. The maximum Gasteiger partial charge on any atom is 0.227 e. The first-order chi connectivity index (χ1) is 14.1. The fourth-order valence-electron chi connectivity index (χ4n) is 3.58. The van der Waals surface area contributed by atoms with E-state index in [9.17, 15) is 4.79 Å². The van der Waals surface area contributed by atoms with Crippen LogP contribution in [0.5, 0.6) is 5.75 Å². The third-order valence-electron chi connectivity index (χ3n) is 5.25. The molecule has 7 heteroatoms. The minimum atomic E-state index is 0.118. The lowest BCUT2D eigenvalue weighted by Crippen LogP contribution is -2.28. The Bertz CT molecular complexity index is 970. The highest BCUT2D eigenvalue weighted by atomic mass is 35.5. The Labute approximate surface area is 174 Å². The number of nitrogens with zero attached hydrogens (tertiary/aromatic N) is 3. The van der Waals surface area contributed by atoms with Crippen LogP contribution in [0.3, 0.4) is 0 Å². The summed E-state index contributed by atoms with van der Waals surface area (Å²) in [5.74, 6) is 2.30. The highest BCUT2D eigenvalue weighted by Gasteiger charge is 2.27. The SMILES string of the molecule is COc1ccc(C2CCN(C(=O)CCc3nc(-c4ccc(Cl)cc4)no3)C2)cc1. The van der Waals surface area contributed by atoms with Crippen molar-refractivity contribution < 1.29 is 14.1 Å². The second-order valence-electron chi connectivity index (χ2n) is 7.12. The van der Waals surface area contributed by atoms with E-state index in [4.69, 9.17) is 20.9 Å². The van der Waals surface area contributed by atoms with Gasteiger partial charge >= 0.3 is 0 Å². The van der Waals surface area contributed by atoms with E-state index in [0.29, 0.717) is 35.5 Å². The van der Waals surface area contributed by atoms with Crippen molar-refractivity contribution in [3.05, 3.63) is 65.0 Å². The lowest BCUT2D eigenvalue weighted by Gasteiger charge is -2.16. The number of amides is 1. The number of likely N-dealkylation sites (tertiary alicyclic amines) is 1. The van der Waals surface area contributed by atoms with Crippen LogP contribution in [-0.4, -0.2) is 41.1 Å². The molecule has 0 aliphatic carbocycles. The van der Waals surface area contributed by atoms with Gasteiger partial charge in [-0.1, -0.05) is 28.9 Å². The third kappa shape index (κ3) is 4.59. The number of hydrogen-bond donors (Lipinski definition) is 0. The van der Waals surface area contributed by atoms with Gasteiger partial charge in [0.1, 0.15) is 5.75 Å². The standard InChI is InChI=1S/C22H22ClN3O3/c1-28-19-8-4-15(5-9-19)17-12-13-26(14-17)21(27)11-10-20-24-22(25-29-20)16-2-6-18(23)7-3-16/h2-9,17H,10-14H2,1H3. The Morgan fingerprint density at radius 3 is 2.69 bits per heavy atom. The van der Waals surface area contributed by atoms with Gasteiger partial charge in [0.2, 0.25) is 17.6 Å². The summed E-state index contributed by atoms with van der Waals surface area (Å²) in [7, 11) is 1.66. The molecule has 1 aliphatic heterocycles. The summed E-state index contributed by atoms with van der Waals surface area (Å²) in [5.41, 5.74) is 2.07. The maximum absolute atomic E-state index is 12.6. The van der Waals surface area contributed by atoms with Crippen LogP contribution in [0.4, 0.5) is 0 Å². The van der Waals surface area contributed by atoms with Crippen molar-refractivity contribution in [3.8, 4) is 17.1 Å². The average Bonchev–Trinajstić information content (AvgIpc) is 3.43. The summed E-state index contributed by atoms with van der Waals surface area (Å²) >= 11 is 5.90. The normalized spacial score (nSPS) is 16.2. The number of aryl methyl sites for hydroxylation is 1. The van der Waals surface area contributed by atoms with E-state index in [1.807, 2.05) is 29.2 Å². The van der Waals surface area contributed by atoms with Gasteiger partial charge in [-0.3, -0.25) is 4.79 Å². The van der Waals surface area contributed by atoms with Crippen LogP contribution < -0.4 is 4.74 Å². The van der Waals surface area contributed by atoms with Crippen molar-refractivity contribution in [2.45, 2.75) is 25.2 Å². The minimum absolute atomic E-state index is 0.118.